The molecular weight excluding hydrogens is 324 g/mol. The van der Waals surface area contributed by atoms with Gasteiger partial charge in [-0.3, -0.25) is 9.67 Å². The van der Waals surface area contributed by atoms with E-state index in [1.165, 1.54) is 16.3 Å². The average molecular weight is 350 g/mol. The van der Waals surface area contributed by atoms with E-state index < -0.39 is 0 Å². The Hall–Kier alpha value is -2.89. The zero-order valence-electron chi connectivity index (χ0n) is 15.7. The summed E-state index contributed by atoms with van der Waals surface area (Å²) in [5, 5.41) is 10.1. The first-order valence-electron chi connectivity index (χ1n) is 8.98. The molecular formula is C20H26N6. The lowest BCUT2D eigenvalue weighted by molar-refractivity contribution is 0.449. The molecule has 1 heterocycles. The lowest BCUT2D eigenvalue weighted by Crippen LogP contribution is -2.39. The van der Waals surface area contributed by atoms with Crippen molar-refractivity contribution in [1.82, 2.24) is 25.0 Å². The molecule has 136 valence electrons. The van der Waals surface area contributed by atoms with Crippen LogP contribution in [0, 0.1) is 0 Å². The minimum absolute atomic E-state index is 0.663. The van der Waals surface area contributed by atoms with Crippen molar-refractivity contribution in [2.75, 3.05) is 20.1 Å². The minimum atomic E-state index is 0.663. The summed E-state index contributed by atoms with van der Waals surface area (Å²) in [7, 11) is 3.93. The summed E-state index contributed by atoms with van der Waals surface area (Å²) >= 11 is 0. The Labute approximate surface area is 154 Å². The Bertz CT molecular complexity index is 877. The molecule has 6 heteroatoms. The average Bonchev–Trinajstić information content (AvgIpc) is 3.05. The van der Waals surface area contributed by atoms with Gasteiger partial charge in [0.25, 0.3) is 0 Å². The molecule has 0 spiro atoms. The van der Waals surface area contributed by atoms with Gasteiger partial charge in [0.1, 0.15) is 12.2 Å². The van der Waals surface area contributed by atoms with Gasteiger partial charge in [-0.05, 0) is 29.7 Å². The highest BCUT2D eigenvalue weighted by molar-refractivity contribution is 5.85. The van der Waals surface area contributed by atoms with Crippen molar-refractivity contribution in [1.29, 1.82) is 0 Å². The molecule has 0 aliphatic heterocycles. The molecule has 0 bridgehead atoms. The van der Waals surface area contributed by atoms with Crippen molar-refractivity contribution in [3.8, 4) is 0 Å². The standard InChI is InChI=1S/C20H26N6/c1-4-21-20(25(2)14-19-23-15-24-26(19)3)22-13-12-17-10-7-9-16-8-5-6-11-18(16)17/h5-11,15H,4,12-14H2,1-3H3,(H,21,22). The van der Waals surface area contributed by atoms with Gasteiger partial charge >= 0.3 is 0 Å². The molecule has 0 aliphatic rings. The number of aliphatic imine (C=N–C) groups is 1. The summed E-state index contributed by atoms with van der Waals surface area (Å²) in [5.41, 5.74) is 1.33. The molecule has 0 amide bonds. The lowest BCUT2D eigenvalue weighted by atomic mass is 10.0. The quantitative estimate of drug-likeness (QED) is 0.548. The van der Waals surface area contributed by atoms with E-state index in [1.54, 1.807) is 11.0 Å². The molecule has 0 atom stereocenters. The smallest absolute Gasteiger partial charge is 0.194 e. The maximum atomic E-state index is 4.80. The third-order valence-corrected chi connectivity index (χ3v) is 4.40. The summed E-state index contributed by atoms with van der Waals surface area (Å²) in [6, 6.07) is 15.0. The molecule has 0 fully saturated rings. The van der Waals surface area contributed by atoms with Gasteiger partial charge in [-0.25, -0.2) is 4.98 Å². The van der Waals surface area contributed by atoms with Gasteiger partial charge in [0.15, 0.2) is 5.96 Å². The van der Waals surface area contributed by atoms with Crippen LogP contribution in [0.4, 0.5) is 0 Å². The van der Waals surface area contributed by atoms with E-state index in [2.05, 4.69) is 69.7 Å². The molecule has 0 unspecified atom stereocenters. The van der Waals surface area contributed by atoms with Crippen molar-refractivity contribution >= 4 is 16.7 Å². The zero-order chi connectivity index (χ0) is 18.4. The van der Waals surface area contributed by atoms with Crippen LogP contribution in [-0.4, -0.2) is 45.8 Å². The number of benzene rings is 2. The number of aryl methyl sites for hydroxylation is 1. The molecule has 1 N–H and O–H groups in total. The Morgan fingerprint density at radius 2 is 2.00 bits per heavy atom. The molecule has 3 aromatic rings. The summed E-state index contributed by atoms with van der Waals surface area (Å²) in [6.45, 7) is 4.31. The maximum Gasteiger partial charge on any atom is 0.194 e. The highest BCUT2D eigenvalue weighted by Gasteiger charge is 2.10. The van der Waals surface area contributed by atoms with Crippen LogP contribution in [0.2, 0.25) is 0 Å². The van der Waals surface area contributed by atoms with Crippen molar-refractivity contribution < 1.29 is 0 Å². The topological polar surface area (TPSA) is 58.3 Å². The Morgan fingerprint density at radius 1 is 1.19 bits per heavy atom. The second-order valence-electron chi connectivity index (χ2n) is 6.28. The van der Waals surface area contributed by atoms with Crippen LogP contribution in [0.3, 0.4) is 0 Å². The number of aromatic nitrogens is 3. The lowest BCUT2D eigenvalue weighted by Gasteiger charge is -2.21. The highest BCUT2D eigenvalue weighted by Crippen LogP contribution is 2.18. The predicted molar refractivity (Wildman–Crippen MR) is 106 cm³/mol. The van der Waals surface area contributed by atoms with Crippen molar-refractivity contribution in [3.63, 3.8) is 0 Å². The van der Waals surface area contributed by atoms with Crippen LogP contribution in [0.1, 0.15) is 18.3 Å². The van der Waals surface area contributed by atoms with E-state index in [-0.39, 0.29) is 0 Å². The van der Waals surface area contributed by atoms with Crippen LogP contribution in [0.25, 0.3) is 10.8 Å². The second kappa shape index (κ2) is 8.47. The van der Waals surface area contributed by atoms with E-state index in [0.717, 1.165) is 31.3 Å². The molecule has 0 saturated heterocycles. The van der Waals surface area contributed by atoms with Gasteiger partial charge in [0, 0.05) is 27.2 Å². The van der Waals surface area contributed by atoms with E-state index in [9.17, 15) is 0 Å². The SMILES string of the molecule is CCNC(=NCCc1cccc2ccccc12)N(C)Cc1ncnn1C. The predicted octanol–water partition coefficient (Wildman–Crippen LogP) is 2.61. The molecule has 6 nitrogen and oxygen atoms in total. The van der Waals surface area contributed by atoms with Gasteiger partial charge in [0.05, 0.1) is 6.54 Å². The van der Waals surface area contributed by atoms with Crippen molar-refractivity contribution in [2.24, 2.45) is 12.0 Å². The fourth-order valence-electron chi connectivity index (χ4n) is 3.01. The Morgan fingerprint density at radius 3 is 2.77 bits per heavy atom. The molecule has 26 heavy (non-hydrogen) atoms. The number of nitrogens with zero attached hydrogens (tertiary/aromatic N) is 5. The fourth-order valence-corrected chi connectivity index (χ4v) is 3.01. The minimum Gasteiger partial charge on any atom is -0.357 e. The highest BCUT2D eigenvalue weighted by atomic mass is 15.4. The number of fused-ring (bicyclic) bond motifs is 1. The van der Waals surface area contributed by atoms with Crippen molar-refractivity contribution in [3.05, 3.63) is 60.2 Å². The van der Waals surface area contributed by atoms with Crippen LogP contribution in [-0.2, 0) is 20.0 Å². The zero-order valence-corrected chi connectivity index (χ0v) is 15.7. The molecule has 1 aromatic heterocycles. The van der Waals surface area contributed by atoms with Crippen molar-refractivity contribution in [2.45, 2.75) is 19.9 Å². The second-order valence-corrected chi connectivity index (χ2v) is 6.28. The number of rotatable bonds is 6. The third kappa shape index (κ3) is 4.20. The third-order valence-electron chi connectivity index (χ3n) is 4.40. The molecule has 0 aliphatic carbocycles. The van der Waals surface area contributed by atoms with Crippen LogP contribution in [0.5, 0.6) is 0 Å². The summed E-state index contributed by atoms with van der Waals surface area (Å²) in [4.78, 5) is 11.2. The van der Waals surface area contributed by atoms with E-state index >= 15 is 0 Å². The largest absolute Gasteiger partial charge is 0.357 e. The van der Waals surface area contributed by atoms with Crippen LogP contribution in [0.15, 0.2) is 53.8 Å². The first-order chi connectivity index (χ1) is 12.7. The number of hydrogen-bond acceptors (Lipinski definition) is 3. The number of guanidine groups is 1. The van der Waals surface area contributed by atoms with Gasteiger partial charge in [0.2, 0.25) is 0 Å². The molecule has 0 saturated carbocycles. The maximum absolute atomic E-state index is 4.80. The Kier molecular flexibility index (Phi) is 5.84. The Balaban J connectivity index is 1.69. The van der Waals surface area contributed by atoms with E-state index in [0.29, 0.717) is 6.54 Å². The molecule has 2 aromatic carbocycles. The summed E-state index contributed by atoms with van der Waals surface area (Å²) in [6.07, 6.45) is 2.49. The summed E-state index contributed by atoms with van der Waals surface area (Å²) in [5.74, 6) is 1.79. The van der Waals surface area contributed by atoms with Crippen LogP contribution >= 0.6 is 0 Å². The summed E-state index contributed by atoms with van der Waals surface area (Å²) < 4.78 is 1.79. The number of hydrogen-bond donors (Lipinski definition) is 1. The van der Waals surface area contributed by atoms with Gasteiger partial charge in [-0.2, -0.15) is 5.10 Å². The first kappa shape index (κ1) is 17.9. The number of nitrogens with one attached hydrogen (secondary N) is 1. The van der Waals surface area contributed by atoms with Gasteiger partial charge in [-0.1, -0.05) is 42.5 Å². The fraction of sp³-hybridized carbons (Fsp3) is 0.350. The van der Waals surface area contributed by atoms with Crippen LogP contribution < -0.4 is 5.32 Å². The monoisotopic (exact) mass is 350 g/mol. The van der Waals surface area contributed by atoms with Gasteiger partial charge < -0.3 is 10.2 Å². The van der Waals surface area contributed by atoms with E-state index in [1.807, 2.05) is 14.1 Å². The first-order valence-corrected chi connectivity index (χ1v) is 8.98. The molecule has 0 radical (unpaired) electrons. The van der Waals surface area contributed by atoms with Gasteiger partial charge in [-0.15, -0.1) is 0 Å². The van der Waals surface area contributed by atoms with E-state index in [4.69, 9.17) is 4.99 Å². The molecule has 3 rings (SSSR count). The normalized spacial score (nSPS) is 11.7.